The Morgan fingerprint density at radius 3 is 2.71 bits per heavy atom. The van der Waals surface area contributed by atoms with Crippen molar-refractivity contribution in [2.75, 3.05) is 0 Å². The molecule has 0 saturated heterocycles. The van der Waals surface area contributed by atoms with Crippen LogP contribution in [0.25, 0.3) is 0 Å². The number of benzene rings is 1. The molecule has 130 valence electrons. The van der Waals surface area contributed by atoms with E-state index in [1.165, 1.54) is 12.2 Å². The summed E-state index contributed by atoms with van der Waals surface area (Å²) in [4.78, 5) is 29.4. The van der Waals surface area contributed by atoms with Crippen LogP contribution in [0.2, 0.25) is 0 Å². The average molecular weight is 353 g/mol. The number of aromatic hydroxyl groups is 1. The molecule has 0 radical (unpaired) electrons. The smallest absolute Gasteiger partial charge is 0.427 e. The summed E-state index contributed by atoms with van der Waals surface area (Å²) < 4.78 is 11.1. The number of aliphatic hydroxyl groups excluding tert-OH is 1. The highest BCUT2D eigenvalue weighted by molar-refractivity contribution is 7.49. The molecule has 0 aliphatic heterocycles. The van der Waals surface area contributed by atoms with Gasteiger partial charge in [-0.05, 0) is 43.0 Å². The highest BCUT2D eigenvalue weighted by Gasteiger charge is 2.28. The second-order valence-electron chi connectivity index (χ2n) is 5.67. The van der Waals surface area contributed by atoms with E-state index < -0.39 is 25.6 Å². The third kappa shape index (κ3) is 5.62. The van der Waals surface area contributed by atoms with E-state index in [0.717, 1.165) is 11.6 Å². The maximum atomic E-state index is 11.4. The molecule has 1 aliphatic carbocycles. The van der Waals surface area contributed by atoms with Crippen molar-refractivity contribution in [3.05, 3.63) is 53.8 Å². The fourth-order valence-corrected chi connectivity index (χ4v) is 3.17. The second kappa shape index (κ2) is 7.77. The van der Waals surface area contributed by atoms with E-state index in [4.69, 9.17) is 9.79 Å². The van der Waals surface area contributed by atoms with E-state index >= 15 is 0 Å². The lowest BCUT2D eigenvalue weighted by Gasteiger charge is -2.26. The molecule has 8 heteroatoms. The number of hydrogen-bond acceptors (Lipinski definition) is 4. The number of phenols is 1. The number of allylic oxidation sites excluding steroid dienone is 2. The van der Waals surface area contributed by atoms with Crippen LogP contribution in [0.15, 0.2) is 48.2 Å². The quantitative estimate of drug-likeness (QED) is 0.469. The number of aryl methyl sites for hydroxylation is 1. The minimum atomic E-state index is -4.56. The normalized spacial score (nSPS) is 19.0. The van der Waals surface area contributed by atoms with Crippen LogP contribution in [0.5, 0.6) is 5.75 Å². The topological polar surface area (TPSA) is 127 Å². The molecule has 0 aromatic heterocycles. The molecule has 0 amide bonds. The van der Waals surface area contributed by atoms with E-state index in [0.29, 0.717) is 19.3 Å². The molecule has 1 aliphatic rings. The Balaban J connectivity index is 1.95. The summed E-state index contributed by atoms with van der Waals surface area (Å²) in [5.74, 6) is -0.897. The Bertz CT molecular complexity index is 708. The fraction of sp³-hybridized carbons (Fsp3) is 0.312. The number of aliphatic hydroxyl groups is 1. The van der Waals surface area contributed by atoms with Crippen LogP contribution in [0.1, 0.15) is 18.4 Å². The van der Waals surface area contributed by atoms with Gasteiger partial charge in [-0.15, -0.1) is 0 Å². The van der Waals surface area contributed by atoms with Crippen LogP contribution < -0.4 is 5.09 Å². The number of rotatable bonds is 7. The molecule has 24 heavy (non-hydrogen) atoms. The number of phenolic OH excluding ortho intramolecular Hbond substituents is 1. The fourth-order valence-electron chi connectivity index (χ4n) is 2.62. The van der Waals surface area contributed by atoms with Gasteiger partial charge in [0, 0.05) is 17.7 Å². The van der Waals surface area contributed by atoms with E-state index in [1.54, 1.807) is 18.2 Å². The molecule has 5 N–H and O–H groups in total. The number of nitrogens with one attached hydrogen (secondary N) is 1. The summed E-state index contributed by atoms with van der Waals surface area (Å²) in [6.07, 6.45) is 4.55. The van der Waals surface area contributed by atoms with Crippen LogP contribution in [0, 0.1) is 5.92 Å². The SMILES string of the molecule is O=C1C=CC(C(O)CCCc2cccc(O)c2)C(NP(=O)(O)O)=C1. The van der Waals surface area contributed by atoms with Gasteiger partial charge in [-0.2, -0.15) is 0 Å². The summed E-state index contributed by atoms with van der Waals surface area (Å²) in [6.45, 7) is 0. The molecular formula is C16H20NO6P. The zero-order chi connectivity index (χ0) is 17.7. The first-order valence-electron chi connectivity index (χ1n) is 7.48. The van der Waals surface area contributed by atoms with Gasteiger partial charge in [0.2, 0.25) is 0 Å². The summed E-state index contributed by atoms with van der Waals surface area (Å²) in [7, 11) is -4.56. The first kappa shape index (κ1) is 18.4. The van der Waals surface area contributed by atoms with E-state index in [1.807, 2.05) is 11.2 Å². The molecule has 0 fully saturated rings. The van der Waals surface area contributed by atoms with E-state index in [2.05, 4.69) is 0 Å². The minimum Gasteiger partial charge on any atom is -0.508 e. The lowest BCUT2D eigenvalue weighted by atomic mass is 9.90. The van der Waals surface area contributed by atoms with Crippen molar-refractivity contribution in [1.82, 2.24) is 5.09 Å². The van der Waals surface area contributed by atoms with Crippen LogP contribution >= 0.6 is 7.75 Å². The van der Waals surface area contributed by atoms with Gasteiger partial charge in [0.15, 0.2) is 5.78 Å². The predicted molar refractivity (Wildman–Crippen MR) is 88.0 cm³/mol. The third-order valence-corrected chi connectivity index (χ3v) is 4.24. The van der Waals surface area contributed by atoms with Crippen LogP contribution in [0.4, 0.5) is 0 Å². The molecule has 0 saturated carbocycles. The second-order valence-corrected chi connectivity index (χ2v) is 6.98. The Morgan fingerprint density at radius 2 is 2.04 bits per heavy atom. The average Bonchev–Trinajstić information content (AvgIpc) is 2.45. The van der Waals surface area contributed by atoms with Gasteiger partial charge in [-0.3, -0.25) is 9.88 Å². The van der Waals surface area contributed by atoms with Gasteiger partial charge in [0.05, 0.1) is 6.10 Å². The highest BCUT2D eigenvalue weighted by atomic mass is 31.2. The highest BCUT2D eigenvalue weighted by Crippen LogP contribution is 2.34. The molecule has 1 aromatic rings. The van der Waals surface area contributed by atoms with Crippen molar-refractivity contribution in [3.8, 4) is 5.75 Å². The molecule has 2 rings (SSSR count). The Hall–Kier alpha value is -1.92. The van der Waals surface area contributed by atoms with Crippen molar-refractivity contribution in [3.63, 3.8) is 0 Å². The van der Waals surface area contributed by atoms with Crippen LogP contribution in [-0.4, -0.2) is 31.9 Å². The van der Waals surface area contributed by atoms with E-state index in [-0.39, 0.29) is 11.4 Å². The Morgan fingerprint density at radius 1 is 1.29 bits per heavy atom. The standard InChI is InChI=1S/C16H20NO6P/c18-12-5-1-3-11(9-12)4-2-6-16(20)14-8-7-13(19)10-15(14)17-24(21,22)23/h1,3,5,7-10,14,16,18,20H,2,4,6H2,(H3,17,21,22,23). The van der Waals surface area contributed by atoms with Gasteiger partial charge in [-0.1, -0.05) is 18.2 Å². The van der Waals surface area contributed by atoms with Gasteiger partial charge in [0.1, 0.15) is 5.75 Å². The molecule has 0 spiro atoms. The first-order valence-corrected chi connectivity index (χ1v) is 9.09. The molecule has 0 heterocycles. The summed E-state index contributed by atoms with van der Waals surface area (Å²) >= 11 is 0. The number of carbonyl (C=O) groups is 1. The molecular weight excluding hydrogens is 333 g/mol. The minimum absolute atomic E-state index is 0.0145. The van der Waals surface area contributed by atoms with Crippen LogP contribution in [0.3, 0.4) is 0 Å². The number of carbonyl (C=O) groups excluding carboxylic acids is 1. The number of ketones is 1. The predicted octanol–water partition coefficient (Wildman–Crippen LogP) is 1.40. The van der Waals surface area contributed by atoms with Crippen molar-refractivity contribution in [2.24, 2.45) is 5.92 Å². The molecule has 2 atom stereocenters. The first-order chi connectivity index (χ1) is 11.2. The molecule has 0 bridgehead atoms. The summed E-state index contributed by atoms with van der Waals surface area (Å²) in [6, 6.07) is 6.83. The van der Waals surface area contributed by atoms with Crippen molar-refractivity contribution in [1.29, 1.82) is 0 Å². The van der Waals surface area contributed by atoms with Gasteiger partial charge in [0.25, 0.3) is 0 Å². The molecule has 1 aromatic carbocycles. The molecule has 7 nitrogen and oxygen atoms in total. The Kier molecular flexibility index (Phi) is 5.96. The Labute approximate surface area is 139 Å². The largest absolute Gasteiger partial charge is 0.508 e. The lowest BCUT2D eigenvalue weighted by molar-refractivity contribution is -0.110. The van der Waals surface area contributed by atoms with Gasteiger partial charge < -0.3 is 20.0 Å². The van der Waals surface area contributed by atoms with Crippen molar-refractivity contribution in [2.45, 2.75) is 25.4 Å². The zero-order valence-corrected chi connectivity index (χ0v) is 13.8. The van der Waals surface area contributed by atoms with Gasteiger partial charge in [-0.25, -0.2) is 4.57 Å². The third-order valence-electron chi connectivity index (χ3n) is 3.69. The van der Waals surface area contributed by atoms with Crippen LogP contribution in [-0.2, 0) is 15.8 Å². The maximum Gasteiger partial charge on any atom is 0.427 e. The lowest BCUT2D eigenvalue weighted by Crippen LogP contribution is -2.29. The van der Waals surface area contributed by atoms with Crippen molar-refractivity contribution >= 4 is 13.5 Å². The van der Waals surface area contributed by atoms with Gasteiger partial charge >= 0.3 is 7.75 Å². The monoisotopic (exact) mass is 353 g/mol. The number of hydrogen-bond donors (Lipinski definition) is 5. The maximum absolute atomic E-state index is 11.4. The van der Waals surface area contributed by atoms with Crippen molar-refractivity contribution < 1.29 is 29.4 Å². The van der Waals surface area contributed by atoms with E-state index in [9.17, 15) is 19.6 Å². The summed E-state index contributed by atoms with van der Waals surface area (Å²) in [5.41, 5.74) is 0.946. The molecule has 2 unspecified atom stereocenters. The zero-order valence-electron chi connectivity index (χ0n) is 12.9. The summed E-state index contributed by atoms with van der Waals surface area (Å²) in [5, 5.41) is 21.7.